The summed E-state index contributed by atoms with van der Waals surface area (Å²) in [6.07, 6.45) is 4.41. The van der Waals surface area contributed by atoms with Gasteiger partial charge >= 0.3 is 0 Å². The maximum Gasteiger partial charge on any atom is 0.223 e. The van der Waals surface area contributed by atoms with Gasteiger partial charge in [0.15, 0.2) is 5.89 Å². The lowest BCUT2D eigenvalue weighted by molar-refractivity contribution is -0.132. The van der Waals surface area contributed by atoms with Crippen LogP contribution in [0.15, 0.2) is 34.9 Å². The average molecular weight is 344 g/mol. The van der Waals surface area contributed by atoms with Crippen LogP contribution in [0.25, 0.3) is 0 Å². The number of aryl methyl sites for hydroxylation is 1. The number of carbonyl (C=O) groups is 1. The van der Waals surface area contributed by atoms with Crippen molar-refractivity contribution in [2.75, 3.05) is 6.54 Å². The van der Waals surface area contributed by atoms with Crippen LogP contribution in [0.1, 0.15) is 63.3 Å². The summed E-state index contributed by atoms with van der Waals surface area (Å²) >= 11 is 0. The van der Waals surface area contributed by atoms with Crippen LogP contribution in [0.5, 0.6) is 0 Å². The van der Waals surface area contributed by atoms with Gasteiger partial charge in [0.2, 0.25) is 5.91 Å². The van der Waals surface area contributed by atoms with Crippen LogP contribution in [0.3, 0.4) is 0 Å². The van der Waals surface area contributed by atoms with Crippen molar-refractivity contribution in [3.63, 3.8) is 0 Å². The van der Waals surface area contributed by atoms with Gasteiger partial charge in [0.25, 0.3) is 0 Å². The van der Waals surface area contributed by atoms with Crippen molar-refractivity contribution in [2.45, 2.75) is 57.9 Å². The molecule has 1 aromatic heterocycles. The highest BCUT2D eigenvalue weighted by atomic mass is 19.1. The second kappa shape index (κ2) is 6.98. The summed E-state index contributed by atoms with van der Waals surface area (Å²) in [5.74, 6) is 1.24. The first-order chi connectivity index (χ1) is 11.8. The molecule has 0 aliphatic carbocycles. The summed E-state index contributed by atoms with van der Waals surface area (Å²) in [6, 6.07) is 6.52. The number of likely N-dealkylation sites (tertiary alicyclic amines) is 1. The number of carbonyl (C=O) groups excluding carboxylic acids is 1. The molecular formula is C20H25FN2O2. The molecule has 0 N–H and O–H groups in total. The Labute approximate surface area is 148 Å². The molecule has 0 unspecified atom stereocenters. The molecular weight excluding hydrogens is 319 g/mol. The third-order valence-electron chi connectivity index (χ3n) is 4.65. The predicted molar refractivity (Wildman–Crippen MR) is 93.6 cm³/mol. The van der Waals surface area contributed by atoms with Crippen molar-refractivity contribution in [3.05, 3.63) is 53.5 Å². The zero-order valence-electron chi connectivity index (χ0n) is 15.1. The van der Waals surface area contributed by atoms with Crippen LogP contribution in [0, 0.1) is 5.82 Å². The fourth-order valence-corrected chi connectivity index (χ4v) is 3.26. The van der Waals surface area contributed by atoms with Gasteiger partial charge < -0.3 is 9.32 Å². The van der Waals surface area contributed by atoms with E-state index < -0.39 is 0 Å². The molecule has 0 saturated carbocycles. The Morgan fingerprint density at radius 2 is 2.20 bits per heavy atom. The average Bonchev–Trinajstić information content (AvgIpc) is 3.21. The van der Waals surface area contributed by atoms with Crippen LogP contribution in [0.2, 0.25) is 0 Å². The maximum absolute atomic E-state index is 13.5. The van der Waals surface area contributed by atoms with Gasteiger partial charge in [0.05, 0.1) is 12.2 Å². The van der Waals surface area contributed by atoms with Gasteiger partial charge in [0, 0.05) is 24.8 Å². The van der Waals surface area contributed by atoms with E-state index in [0.717, 1.165) is 30.7 Å². The molecule has 2 heterocycles. The maximum atomic E-state index is 13.5. The minimum absolute atomic E-state index is 0.0297. The van der Waals surface area contributed by atoms with Crippen molar-refractivity contribution in [1.29, 1.82) is 0 Å². The van der Waals surface area contributed by atoms with E-state index in [-0.39, 0.29) is 23.2 Å². The molecule has 0 bridgehead atoms. The van der Waals surface area contributed by atoms with Crippen LogP contribution in [0.4, 0.5) is 4.39 Å². The third kappa shape index (κ3) is 4.09. The largest absolute Gasteiger partial charge is 0.445 e. The van der Waals surface area contributed by atoms with Crippen LogP contribution < -0.4 is 0 Å². The highest BCUT2D eigenvalue weighted by molar-refractivity contribution is 5.77. The Kier molecular flexibility index (Phi) is 4.93. The summed E-state index contributed by atoms with van der Waals surface area (Å²) in [5.41, 5.74) is 0.782. The minimum atomic E-state index is -0.258. The first kappa shape index (κ1) is 17.6. The number of halogens is 1. The summed E-state index contributed by atoms with van der Waals surface area (Å²) in [4.78, 5) is 18.8. The standard InChI is InChI=1S/C20H25FN2O2/c1-20(2,3)17-13-22-18(25-17)9-10-19(24)23-11-5-8-16(23)14-6-4-7-15(21)12-14/h4,6-7,12-13,16H,5,8-11H2,1-3H3/t16-/m0/s1. The van der Waals surface area contributed by atoms with E-state index in [1.807, 2.05) is 11.0 Å². The highest BCUT2D eigenvalue weighted by Crippen LogP contribution is 2.33. The molecule has 3 rings (SSSR count). The second-order valence-corrected chi connectivity index (χ2v) is 7.67. The number of amides is 1. The highest BCUT2D eigenvalue weighted by Gasteiger charge is 2.30. The molecule has 4 nitrogen and oxygen atoms in total. The van der Waals surface area contributed by atoms with Crippen molar-refractivity contribution in [2.24, 2.45) is 0 Å². The summed E-state index contributed by atoms with van der Waals surface area (Å²) < 4.78 is 19.2. The van der Waals surface area contributed by atoms with E-state index in [4.69, 9.17) is 4.42 Å². The zero-order chi connectivity index (χ0) is 18.0. The first-order valence-corrected chi connectivity index (χ1v) is 8.85. The Bertz CT molecular complexity index is 748. The van der Waals surface area contributed by atoms with E-state index in [1.54, 1.807) is 12.3 Å². The molecule has 1 aromatic carbocycles. The number of nitrogens with zero attached hydrogens (tertiary/aromatic N) is 2. The minimum Gasteiger partial charge on any atom is -0.445 e. The topological polar surface area (TPSA) is 46.3 Å². The Morgan fingerprint density at radius 3 is 2.88 bits per heavy atom. The number of hydrogen-bond acceptors (Lipinski definition) is 3. The SMILES string of the molecule is CC(C)(C)c1cnc(CCC(=O)N2CCC[C@H]2c2cccc(F)c2)o1. The molecule has 1 fully saturated rings. The molecule has 1 saturated heterocycles. The lowest BCUT2D eigenvalue weighted by Gasteiger charge is -2.25. The predicted octanol–water partition coefficient (Wildman–Crippen LogP) is 4.41. The van der Waals surface area contributed by atoms with Gasteiger partial charge in [0.1, 0.15) is 11.6 Å². The Morgan fingerprint density at radius 1 is 1.40 bits per heavy atom. The summed E-state index contributed by atoms with van der Waals surface area (Å²) in [7, 11) is 0. The quantitative estimate of drug-likeness (QED) is 0.825. The fraction of sp³-hybridized carbons (Fsp3) is 0.500. The molecule has 5 heteroatoms. The van der Waals surface area contributed by atoms with E-state index >= 15 is 0 Å². The second-order valence-electron chi connectivity index (χ2n) is 7.67. The van der Waals surface area contributed by atoms with E-state index in [9.17, 15) is 9.18 Å². The summed E-state index contributed by atoms with van der Waals surface area (Å²) in [6.45, 7) is 6.92. The van der Waals surface area contributed by atoms with Crippen molar-refractivity contribution < 1.29 is 13.6 Å². The van der Waals surface area contributed by atoms with Crippen LogP contribution in [-0.4, -0.2) is 22.3 Å². The Balaban J connectivity index is 1.63. The summed E-state index contributed by atoms with van der Waals surface area (Å²) in [5, 5.41) is 0. The van der Waals surface area contributed by atoms with E-state index in [0.29, 0.717) is 18.7 Å². The van der Waals surface area contributed by atoms with Gasteiger partial charge in [-0.25, -0.2) is 9.37 Å². The first-order valence-electron chi connectivity index (χ1n) is 8.85. The van der Waals surface area contributed by atoms with Gasteiger partial charge in [-0.1, -0.05) is 32.9 Å². The number of rotatable bonds is 4. The number of oxazole rings is 1. The molecule has 0 spiro atoms. The third-order valence-corrected chi connectivity index (χ3v) is 4.65. The smallest absolute Gasteiger partial charge is 0.223 e. The molecule has 2 aromatic rings. The molecule has 1 aliphatic rings. The Hall–Kier alpha value is -2.17. The van der Waals surface area contributed by atoms with Crippen LogP contribution in [-0.2, 0) is 16.6 Å². The lowest BCUT2D eigenvalue weighted by Crippen LogP contribution is -2.30. The van der Waals surface area contributed by atoms with Gasteiger partial charge in [-0.15, -0.1) is 0 Å². The zero-order valence-corrected chi connectivity index (χ0v) is 15.1. The van der Waals surface area contributed by atoms with E-state index in [2.05, 4.69) is 25.8 Å². The fourth-order valence-electron chi connectivity index (χ4n) is 3.26. The molecule has 134 valence electrons. The van der Waals surface area contributed by atoms with Crippen molar-refractivity contribution in [1.82, 2.24) is 9.88 Å². The molecule has 0 radical (unpaired) electrons. The number of benzene rings is 1. The van der Waals surface area contributed by atoms with Gasteiger partial charge in [-0.2, -0.15) is 0 Å². The molecule has 1 amide bonds. The monoisotopic (exact) mass is 344 g/mol. The lowest BCUT2D eigenvalue weighted by atomic mass is 9.94. The number of hydrogen-bond donors (Lipinski definition) is 0. The van der Waals surface area contributed by atoms with E-state index in [1.165, 1.54) is 12.1 Å². The van der Waals surface area contributed by atoms with Gasteiger partial charge in [-0.3, -0.25) is 4.79 Å². The van der Waals surface area contributed by atoms with Crippen molar-refractivity contribution >= 4 is 5.91 Å². The molecule has 1 aliphatic heterocycles. The van der Waals surface area contributed by atoms with Crippen LogP contribution >= 0.6 is 0 Å². The number of aromatic nitrogens is 1. The molecule has 25 heavy (non-hydrogen) atoms. The van der Waals surface area contributed by atoms with Crippen molar-refractivity contribution in [3.8, 4) is 0 Å². The molecule has 1 atom stereocenters. The van der Waals surface area contributed by atoms with Gasteiger partial charge in [-0.05, 0) is 30.5 Å². The normalized spacial score (nSPS) is 17.9.